The number of nitrogens with zero attached hydrogens (tertiary/aromatic N) is 6. The molecule has 2 aliphatic rings. The number of halogens is 6. The number of carbonyl (C=O) groups excluding carboxylic acids is 1. The van der Waals surface area contributed by atoms with E-state index < -0.39 is 12.8 Å². The van der Waals surface area contributed by atoms with E-state index in [9.17, 15) is 18.0 Å². The molecule has 6 rings (SSSR count). The lowest BCUT2D eigenvalue weighted by molar-refractivity contribution is -0.154. The predicted octanol–water partition coefficient (Wildman–Crippen LogP) is 6.33. The summed E-state index contributed by atoms with van der Waals surface area (Å²) in [5.41, 5.74) is 3.15. The molecule has 0 saturated carbocycles. The van der Waals surface area contributed by atoms with Gasteiger partial charge < -0.3 is 19.1 Å². The number of rotatable bonds is 11. The average Bonchev–Trinajstić information content (AvgIpc) is 3.12. The van der Waals surface area contributed by atoms with E-state index in [2.05, 4.69) is 49.0 Å². The maximum atomic E-state index is 13.6. The molecule has 2 saturated heterocycles. The number of methoxy groups -OCH3 is 1. The van der Waals surface area contributed by atoms with Gasteiger partial charge in [-0.15, -0.1) is 37.2 Å². The third-order valence-corrected chi connectivity index (χ3v) is 8.92. The molecule has 16 heteroatoms. The Morgan fingerprint density at radius 1 is 0.846 bits per heavy atom. The number of hydrogen-bond acceptors (Lipinski definition) is 9. The fourth-order valence-corrected chi connectivity index (χ4v) is 6.87. The summed E-state index contributed by atoms with van der Waals surface area (Å²) in [6.45, 7) is 3.34. The van der Waals surface area contributed by atoms with E-state index in [1.54, 1.807) is 31.5 Å². The molecule has 2 atom stereocenters. The highest BCUT2D eigenvalue weighted by Gasteiger charge is 2.43. The molecule has 4 aromatic rings. The minimum atomic E-state index is -4.58. The highest BCUT2D eigenvalue weighted by atomic mass is 35.5. The SMILES string of the molecule is CCOc1nc(OC)c(CN2CC3CN(C(=O)c4ccncc4)CCN3C(C(c3ccccc3)c3ccccc3)C2)c(OCC(F)(F)F)n1.Cl.Cl.Cl. The molecule has 0 spiro atoms. The Hall–Kier alpha value is -3.88. The van der Waals surface area contributed by atoms with Crippen LogP contribution in [0.2, 0.25) is 0 Å². The van der Waals surface area contributed by atoms with Crippen molar-refractivity contribution in [1.29, 1.82) is 0 Å². The lowest BCUT2D eigenvalue weighted by atomic mass is 9.81. The van der Waals surface area contributed by atoms with Crippen molar-refractivity contribution in [3.8, 4) is 17.8 Å². The molecule has 0 radical (unpaired) electrons. The van der Waals surface area contributed by atoms with E-state index in [-0.39, 0.29) is 92.1 Å². The molecular formula is C36H42Cl3F3N6O4. The topological polar surface area (TPSA) is 93.2 Å². The number of piperazine rings is 2. The van der Waals surface area contributed by atoms with E-state index in [0.717, 1.165) is 11.1 Å². The first kappa shape index (κ1) is 42.5. The minimum absolute atomic E-state index is 0. The number of fused-ring (bicyclic) bond motifs is 1. The molecule has 2 aromatic carbocycles. The molecule has 2 fully saturated rings. The second-order valence-corrected chi connectivity index (χ2v) is 12.1. The molecule has 0 N–H and O–H groups in total. The highest BCUT2D eigenvalue weighted by Crippen LogP contribution is 2.38. The molecule has 1 amide bonds. The number of benzene rings is 2. The number of pyridine rings is 1. The Kier molecular flexibility index (Phi) is 15.8. The van der Waals surface area contributed by atoms with Crippen LogP contribution in [-0.4, -0.2) is 107 Å². The van der Waals surface area contributed by atoms with Crippen LogP contribution in [0.5, 0.6) is 17.8 Å². The van der Waals surface area contributed by atoms with Gasteiger partial charge in [0.2, 0.25) is 11.8 Å². The van der Waals surface area contributed by atoms with Crippen molar-refractivity contribution < 1.29 is 32.2 Å². The number of ether oxygens (including phenoxy) is 3. The van der Waals surface area contributed by atoms with Gasteiger partial charge in [0.1, 0.15) is 0 Å². The van der Waals surface area contributed by atoms with E-state index in [4.69, 9.17) is 14.2 Å². The predicted molar refractivity (Wildman–Crippen MR) is 197 cm³/mol. The third kappa shape index (κ3) is 10.2. The van der Waals surface area contributed by atoms with Gasteiger partial charge in [-0.1, -0.05) is 60.7 Å². The van der Waals surface area contributed by atoms with Crippen LogP contribution in [0, 0.1) is 0 Å². The van der Waals surface area contributed by atoms with E-state index in [1.165, 1.54) is 7.11 Å². The first-order valence-corrected chi connectivity index (χ1v) is 16.3. The monoisotopic (exact) mass is 784 g/mol. The third-order valence-electron chi connectivity index (χ3n) is 8.92. The van der Waals surface area contributed by atoms with Crippen molar-refractivity contribution in [3.05, 3.63) is 107 Å². The molecule has 52 heavy (non-hydrogen) atoms. The number of hydrogen-bond donors (Lipinski definition) is 0. The summed E-state index contributed by atoms with van der Waals surface area (Å²) in [6.07, 6.45) is -1.36. The van der Waals surface area contributed by atoms with Crippen molar-refractivity contribution in [2.24, 2.45) is 0 Å². The number of carbonyl (C=O) groups is 1. The lowest BCUT2D eigenvalue weighted by Crippen LogP contribution is -2.67. The molecule has 2 aliphatic heterocycles. The van der Waals surface area contributed by atoms with Crippen LogP contribution >= 0.6 is 37.2 Å². The minimum Gasteiger partial charge on any atom is -0.481 e. The van der Waals surface area contributed by atoms with Gasteiger partial charge in [-0.3, -0.25) is 19.6 Å². The molecular weight excluding hydrogens is 744 g/mol. The van der Waals surface area contributed by atoms with Crippen molar-refractivity contribution >= 4 is 43.1 Å². The van der Waals surface area contributed by atoms with Crippen molar-refractivity contribution in [2.75, 3.05) is 53.0 Å². The highest BCUT2D eigenvalue weighted by molar-refractivity contribution is 5.94. The van der Waals surface area contributed by atoms with Gasteiger partial charge in [-0.25, -0.2) is 0 Å². The lowest BCUT2D eigenvalue weighted by Gasteiger charge is -2.53. The zero-order chi connectivity index (χ0) is 34.4. The normalized spacial score (nSPS) is 17.5. The molecule has 10 nitrogen and oxygen atoms in total. The Balaban J connectivity index is 0.00000243. The van der Waals surface area contributed by atoms with Gasteiger partial charge in [0.15, 0.2) is 6.61 Å². The van der Waals surface area contributed by atoms with E-state index >= 15 is 0 Å². The van der Waals surface area contributed by atoms with Gasteiger partial charge in [-0.05, 0) is 30.2 Å². The fraction of sp³-hybridized carbons (Fsp3) is 0.389. The maximum absolute atomic E-state index is 13.6. The maximum Gasteiger partial charge on any atom is 0.422 e. The van der Waals surface area contributed by atoms with Crippen molar-refractivity contribution in [2.45, 2.75) is 37.6 Å². The van der Waals surface area contributed by atoms with Gasteiger partial charge in [0, 0.05) is 75.2 Å². The molecule has 4 heterocycles. The molecule has 2 aromatic heterocycles. The average molecular weight is 786 g/mol. The summed E-state index contributed by atoms with van der Waals surface area (Å²) >= 11 is 0. The van der Waals surface area contributed by atoms with Gasteiger partial charge in [0.05, 0.1) is 19.3 Å². The van der Waals surface area contributed by atoms with E-state index in [1.807, 2.05) is 41.3 Å². The second kappa shape index (κ2) is 19.3. The Bertz CT molecular complexity index is 1660. The number of aromatic nitrogens is 3. The zero-order valence-corrected chi connectivity index (χ0v) is 31.1. The quantitative estimate of drug-likeness (QED) is 0.173. The molecule has 282 valence electrons. The summed E-state index contributed by atoms with van der Waals surface area (Å²) in [5.74, 6) is -0.264. The molecule has 0 aliphatic carbocycles. The smallest absolute Gasteiger partial charge is 0.422 e. The van der Waals surface area contributed by atoms with Crippen LogP contribution in [0.1, 0.15) is 39.9 Å². The Labute approximate surface area is 319 Å². The van der Waals surface area contributed by atoms with Gasteiger partial charge in [0.25, 0.3) is 5.91 Å². The van der Waals surface area contributed by atoms with E-state index in [0.29, 0.717) is 43.9 Å². The molecule has 0 bridgehead atoms. The summed E-state index contributed by atoms with van der Waals surface area (Å²) in [4.78, 5) is 32.7. The zero-order valence-electron chi connectivity index (χ0n) is 28.6. The standard InChI is InChI=1S/C36H39F3N6O4.3ClH/c1-3-48-35-41-32(47-2)29(33(42-35)49-24-36(37,38)39)22-43-20-28-21-44(34(46)27-14-16-40-17-15-27)18-19-45(28)30(23-43)31(25-10-6-4-7-11-25)26-12-8-5-9-13-26;;;/h4-17,28,30-31H,3,18-24H2,1-2H3;3*1H. The van der Waals surface area contributed by atoms with Crippen LogP contribution in [0.4, 0.5) is 13.2 Å². The number of amides is 1. The summed E-state index contributed by atoms with van der Waals surface area (Å²) in [7, 11) is 1.40. The van der Waals surface area contributed by atoms with Crippen LogP contribution in [0.15, 0.2) is 85.2 Å². The first-order chi connectivity index (χ1) is 23.7. The second-order valence-electron chi connectivity index (χ2n) is 12.1. The summed E-state index contributed by atoms with van der Waals surface area (Å²) in [5, 5.41) is 0. The summed E-state index contributed by atoms with van der Waals surface area (Å²) < 4.78 is 56.3. The molecule has 2 unspecified atom stereocenters. The van der Waals surface area contributed by atoms with Gasteiger partial charge in [-0.2, -0.15) is 23.1 Å². The van der Waals surface area contributed by atoms with Crippen LogP contribution in [-0.2, 0) is 6.54 Å². The van der Waals surface area contributed by atoms with Crippen LogP contribution in [0.3, 0.4) is 0 Å². The van der Waals surface area contributed by atoms with Crippen LogP contribution in [0.25, 0.3) is 0 Å². The fourth-order valence-electron chi connectivity index (χ4n) is 6.87. The summed E-state index contributed by atoms with van der Waals surface area (Å²) in [6, 6.07) is 23.8. The van der Waals surface area contributed by atoms with Gasteiger partial charge >= 0.3 is 12.2 Å². The largest absolute Gasteiger partial charge is 0.481 e. The van der Waals surface area contributed by atoms with Crippen molar-refractivity contribution in [3.63, 3.8) is 0 Å². The Morgan fingerprint density at radius 2 is 1.46 bits per heavy atom. The first-order valence-electron chi connectivity index (χ1n) is 16.3. The van der Waals surface area contributed by atoms with Crippen molar-refractivity contribution in [1.82, 2.24) is 29.7 Å². The Morgan fingerprint density at radius 3 is 2.04 bits per heavy atom. The number of alkyl halides is 3. The van der Waals surface area contributed by atoms with Crippen LogP contribution < -0.4 is 14.2 Å².